The number of hydrogen-bond donors (Lipinski definition) is 4. The van der Waals surface area contributed by atoms with Gasteiger partial charge in [-0.2, -0.15) is 0 Å². The first-order chi connectivity index (χ1) is 8.83. The number of carboxylic acid groups (broad SMARTS) is 3. The minimum atomic E-state index is -0.757. The maximum atomic E-state index is 10.0. The Kier molecular flexibility index (Phi) is 13.2. The Morgan fingerprint density at radius 2 is 0.545 bits per heavy atom. The maximum absolute atomic E-state index is 10.0. The molecule has 0 aliphatic heterocycles. The van der Waals surface area contributed by atoms with Gasteiger partial charge in [0.2, 0.25) is 0 Å². The molecular weight excluding hydrogens is 290 g/mol. The SMILES string of the molecule is CC(C)(C)C(=O)O.CC(C)(C)C(=O)O.CC(C)(C)C(=O)O.N. The van der Waals surface area contributed by atoms with Crippen molar-refractivity contribution in [1.82, 2.24) is 6.15 Å². The van der Waals surface area contributed by atoms with Crippen LogP contribution < -0.4 is 6.15 Å². The topological polar surface area (TPSA) is 147 Å². The summed E-state index contributed by atoms with van der Waals surface area (Å²) in [6.07, 6.45) is 0. The number of carbonyl (C=O) groups is 3. The van der Waals surface area contributed by atoms with Crippen LogP contribution in [0.5, 0.6) is 0 Å². The van der Waals surface area contributed by atoms with Crippen LogP contribution in [0.3, 0.4) is 0 Å². The second-order valence-electron chi connectivity index (χ2n) is 7.67. The van der Waals surface area contributed by atoms with Crippen LogP contribution in [0.1, 0.15) is 62.3 Å². The molecule has 0 fully saturated rings. The lowest BCUT2D eigenvalue weighted by Crippen LogP contribution is -2.18. The van der Waals surface area contributed by atoms with E-state index in [9.17, 15) is 14.4 Å². The summed E-state index contributed by atoms with van der Waals surface area (Å²) in [5.74, 6) is -2.27. The minimum Gasteiger partial charge on any atom is -0.481 e. The van der Waals surface area contributed by atoms with Gasteiger partial charge in [-0.15, -0.1) is 0 Å². The number of rotatable bonds is 0. The molecule has 0 bridgehead atoms. The van der Waals surface area contributed by atoms with Crippen molar-refractivity contribution in [2.75, 3.05) is 0 Å². The fourth-order valence-corrected chi connectivity index (χ4v) is 0. The summed E-state index contributed by atoms with van der Waals surface area (Å²) < 4.78 is 0. The molecule has 134 valence electrons. The van der Waals surface area contributed by atoms with Gasteiger partial charge in [0.05, 0.1) is 16.2 Å². The van der Waals surface area contributed by atoms with Gasteiger partial charge in [0.1, 0.15) is 0 Å². The highest BCUT2D eigenvalue weighted by Crippen LogP contribution is 2.12. The van der Waals surface area contributed by atoms with Crippen molar-refractivity contribution in [2.45, 2.75) is 62.3 Å². The molecule has 0 radical (unpaired) electrons. The lowest BCUT2D eigenvalue weighted by Gasteiger charge is -2.08. The van der Waals surface area contributed by atoms with Crippen LogP contribution in [0.15, 0.2) is 0 Å². The summed E-state index contributed by atoms with van der Waals surface area (Å²) in [5, 5.41) is 24.8. The van der Waals surface area contributed by atoms with E-state index in [1.54, 1.807) is 62.3 Å². The second kappa shape index (κ2) is 10.2. The van der Waals surface area contributed by atoms with Crippen LogP contribution in [-0.2, 0) is 14.4 Å². The van der Waals surface area contributed by atoms with Crippen molar-refractivity contribution in [3.63, 3.8) is 0 Å². The standard InChI is InChI=1S/3C5H10O2.H3N/c3*1-5(2,3)4(6)7;/h3*1-3H3,(H,6,7);1H3. The fraction of sp³-hybridized carbons (Fsp3) is 0.800. The molecule has 0 saturated carbocycles. The molecule has 0 aromatic heterocycles. The van der Waals surface area contributed by atoms with Gasteiger partial charge in [0, 0.05) is 0 Å². The zero-order valence-electron chi connectivity index (χ0n) is 15.3. The van der Waals surface area contributed by atoms with Crippen molar-refractivity contribution in [2.24, 2.45) is 16.2 Å². The maximum Gasteiger partial charge on any atom is 0.308 e. The molecule has 0 saturated heterocycles. The fourth-order valence-electron chi connectivity index (χ4n) is 0. The monoisotopic (exact) mass is 323 g/mol. The molecular formula is C15H33NO6. The van der Waals surface area contributed by atoms with Crippen LogP contribution in [-0.4, -0.2) is 33.2 Å². The van der Waals surface area contributed by atoms with E-state index in [1.807, 2.05) is 0 Å². The summed E-state index contributed by atoms with van der Waals surface area (Å²) in [6, 6.07) is 0. The largest absolute Gasteiger partial charge is 0.481 e. The Balaban J connectivity index is -0.000000108. The number of aliphatic carboxylic acids is 3. The zero-order valence-corrected chi connectivity index (χ0v) is 15.3. The Bertz CT molecular complexity index is 299. The summed E-state index contributed by atoms with van der Waals surface area (Å²) in [7, 11) is 0. The lowest BCUT2D eigenvalue weighted by atomic mass is 9.98. The van der Waals surface area contributed by atoms with Gasteiger partial charge in [0.15, 0.2) is 0 Å². The van der Waals surface area contributed by atoms with Crippen LogP contribution in [0.4, 0.5) is 0 Å². The third kappa shape index (κ3) is 20.7. The van der Waals surface area contributed by atoms with E-state index in [4.69, 9.17) is 15.3 Å². The van der Waals surface area contributed by atoms with Gasteiger partial charge >= 0.3 is 17.9 Å². The molecule has 7 heteroatoms. The smallest absolute Gasteiger partial charge is 0.308 e. The van der Waals surface area contributed by atoms with Crippen molar-refractivity contribution in [1.29, 1.82) is 0 Å². The molecule has 0 aromatic carbocycles. The third-order valence-electron chi connectivity index (χ3n) is 1.92. The number of carboxylic acids is 3. The summed E-state index contributed by atoms with van der Waals surface area (Å²) >= 11 is 0. The Morgan fingerprint density at radius 3 is 0.545 bits per heavy atom. The summed E-state index contributed by atoms with van der Waals surface area (Å²) in [4.78, 5) is 30.1. The third-order valence-corrected chi connectivity index (χ3v) is 1.92. The molecule has 0 rings (SSSR count). The van der Waals surface area contributed by atoms with Crippen molar-refractivity contribution < 1.29 is 29.7 Å². The first-order valence-corrected chi connectivity index (χ1v) is 6.53. The van der Waals surface area contributed by atoms with E-state index < -0.39 is 34.2 Å². The van der Waals surface area contributed by atoms with Gasteiger partial charge in [0.25, 0.3) is 0 Å². The van der Waals surface area contributed by atoms with Gasteiger partial charge in [-0.3, -0.25) is 14.4 Å². The molecule has 0 unspecified atom stereocenters. The summed E-state index contributed by atoms with van der Waals surface area (Å²) in [6.45, 7) is 15.0. The average Bonchev–Trinajstić information content (AvgIpc) is 2.14. The number of hydrogen-bond acceptors (Lipinski definition) is 4. The quantitative estimate of drug-likeness (QED) is 0.533. The molecule has 7 nitrogen and oxygen atoms in total. The predicted molar refractivity (Wildman–Crippen MR) is 86.3 cm³/mol. The molecule has 0 aliphatic rings. The molecule has 0 atom stereocenters. The van der Waals surface area contributed by atoms with E-state index in [0.717, 1.165) is 0 Å². The normalized spacial score (nSPS) is 10.8. The molecule has 22 heavy (non-hydrogen) atoms. The molecule has 0 aromatic rings. The first-order valence-electron chi connectivity index (χ1n) is 6.53. The lowest BCUT2D eigenvalue weighted by molar-refractivity contribution is -0.146. The summed E-state index contributed by atoms with van der Waals surface area (Å²) in [5.41, 5.74) is -1.75. The Morgan fingerprint density at radius 1 is 0.500 bits per heavy atom. The van der Waals surface area contributed by atoms with Crippen LogP contribution in [0, 0.1) is 16.2 Å². The Hall–Kier alpha value is -1.63. The van der Waals surface area contributed by atoms with Gasteiger partial charge < -0.3 is 21.5 Å². The van der Waals surface area contributed by atoms with Gasteiger partial charge in [-0.1, -0.05) is 0 Å². The van der Waals surface area contributed by atoms with E-state index in [2.05, 4.69) is 0 Å². The van der Waals surface area contributed by atoms with E-state index in [0.29, 0.717) is 0 Å². The van der Waals surface area contributed by atoms with E-state index >= 15 is 0 Å². The van der Waals surface area contributed by atoms with Crippen molar-refractivity contribution >= 4 is 17.9 Å². The molecule has 0 amide bonds. The minimum absolute atomic E-state index is 0. The zero-order chi connectivity index (χ0) is 18.2. The van der Waals surface area contributed by atoms with Gasteiger partial charge in [-0.05, 0) is 62.3 Å². The molecule has 0 heterocycles. The van der Waals surface area contributed by atoms with Gasteiger partial charge in [-0.25, -0.2) is 0 Å². The average molecular weight is 323 g/mol. The van der Waals surface area contributed by atoms with Crippen molar-refractivity contribution in [3.05, 3.63) is 0 Å². The molecule has 0 aliphatic carbocycles. The highest BCUT2D eigenvalue weighted by molar-refractivity contribution is 5.73. The van der Waals surface area contributed by atoms with Crippen LogP contribution in [0.2, 0.25) is 0 Å². The highest BCUT2D eigenvalue weighted by Gasteiger charge is 2.19. The second-order valence-corrected chi connectivity index (χ2v) is 7.67. The molecule has 0 spiro atoms. The Labute approximate surface area is 133 Å². The van der Waals surface area contributed by atoms with E-state index in [-0.39, 0.29) is 6.15 Å². The van der Waals surface area contributed by atoms with E-state index in [1.165, 1.54) is 0 Å². The molecule has 6 N–H and O–H groups in total. The predicted octanol–water partition coefficient (Wildman–Crippen LogP) is 3.51. The highest BCUT2D eigenvalue weighted by atomic mass is 16.4. The van der Waals surface area contributed by atoms with Crippen LogP contribution in [0.25, 0.3) is 0 Å². The van der Waals surface area contributed by atoms with Crippen molar-refractivity contribution in [3.8, 4) is 0 Å². The first kappa shape index (κ1) is 28.5. The van der Waals surface area contributed by atoms with Crippen LogP contribution >= 0.6 is 0 Å².